The number of hydrogen-bond acceptors (Lipinski definition) is 6. The number of nitrogens with zero attached hydrogens (tertiary/aromatic N) is 6. The van der Waals surface area contributed by atoms with Gasteiger partial charge < -0.3 is 9.47 Å². The van der Waals surface area contributed by atoms with Gasteiger partial charge in [0.05, 0.1) is 16.7 Å². The molecule has 1 amide bonds. The lowest BCUT2D eigenvalue weighted by Gasteiger charge is -2.21. The van der Waals surface area contributed by atoms with Crippen molar-refractivity contribution in [2.45, 2.75) is 45.7 Å². The molecule has 25 heavy (non-hydrogen) atoms. The van der Waals surface area contributed by atoms with E-state index in [1.807, 2.05) is 18.7 Å². The van der Waals surface area contributed by atoms with Crippen molar-refractivity contribution >= 4 is 17.2 Å². The van der Waals surface area contributed by atoms with Crippen LogP contribution >= 0.6 is 11.3 Å². The second-order valence-corrected chi connectivity index (χ2v) is 8.16. The Kier molecular flexibility index (Phi) is 4.33. The van der Waals surface area contributed by atoms with Crippen LogP contribution in [-0.4, -0.2) is 62.1 Å². The number of rotatable bonds is 2. The van der Waals surface area contributed by atoms with Crippen LogP contribution in [0.1, 0.15) is 50.9 Å². The van der Waals surface area contributed by atoms with Gasteiger partial charge in [-0.05, 0) is 40.3 Å². The summed E-state index contributed by atoms with van der Waals surface area (Å²) in [4.78, 5) is 22.4. The van der Waals surface area contributed by atoms with E-state index in [4.69, 9.17) is 0 Å². The van der Waals surface area contributed by atoms with Crippen LogP contribution in [0.3, 0.4) is 0 Å². The Morgan fingerprint density at radius 3 is 2.68 bits per heavy atom. The van der Waals surface area contributed by atoms with E-state index in [1.165, 1.54) is 17.8 Å². The molecule has 0 spiro atoms. The maximum absolute atomic E-state index is 12.9. The summed E-state index contributed by atoms with van der Waals surface area (Å²) in [6, 6.07) is 0.356. The van der Waals surface area contributed by atoms with Gasteiger partial charge in [0, 0.05) is 26.1 Å². The van der Waals surface area contributed by atoms with Crippen LogP contribution in [0.2, 0.25) is 0 Å². The second-order valence-electron chi connectivity index (χ2n) is 6.95. The number of fused-ring (bicyclic) bond motifs is 1. The summed E-state index contributed by atoms with van der Waals surface area (Å²) in [7, 11) is 2.15. The minimum absolute atomic E-state index is 0.0985. The summed E-state index contributed by atoms with van der Waals surface area (Å²) < 4.78 is 2.24. The maximum Gasteiger partial charge on any atom is 0.265 e. The van der Waals surface area contributed by atoms with E-state index in [2.05, 4.69) is 31.7 Å². The predicted molar refractivity (Wildman–Crippen MR) is 95.8 cm³/mol. The third-order valence-electron chi connectivity index (χ3n) is 5.26. The first-order valence-electron chi connectivity index (χ1n) is 8.90. The van der Waals surface area contributed by atoms with Gasteiger partial charge in [-0.1, -0.05) is 0 Å². The highest BCUT2D eigenvalue weighted by molar-refractivity contribution is 7.13. The number of likely N-dealkylation sites (tertiary alicyclic amines) is 1. The summed E-state index contributed by atoms with van der Waals surface area (Å²) in [5, 5.41) is 9.84. The molecule has 2 aromatic heterocycles. The maximum atomic E-state index is 12.9. The van der Waals surface area contributed by atoms with Crippen LogP contribution in [0.15, 0.2) is 0 Å². The number of hydrogen-bond donors (Lipinski definition) is 0. The highest BCUT2D eigenvalue weighted by atomic mass is 32.1. The minimum Gasteiger partial charge on any atom is -0.336 e. The first-order valence-corrected chi connectivity index (χ1v) is 9.71. The van der Waals surface area contributed by atoms with E-state index in [0.29, 0.717) is 19.1 Å². The molecule has 7 nitrogen and oxygen atoms in total. The largest absolute Gasteiger partial charge is 0.336 e. The summed E-state index contributed by atoms with van der Waals surface area (Å²) in [5.41, 5.74) is 0.837. The molecule has 0 bridgehead atoms. The molecule has 1 unspecified atom stereocenters. The summed E-state index contributed by atoms with van der Waals surface area (Å²) in [6.07, 6.45) is 3.10. The monoisotopic (exact) mass is 360 g/mol. The van der Waals surface area contributed by atoms with Crippen molar-refractivity contribution in [3.8, 4) is 0 Å². The van der Waals surface area contributed by atoms with Gasteiger partial charge in [-0.15, -0.1) is 21.5 Å². The Morgan fingerprint density at radius 2 is 2.00 bits per heavy atom. The van der Waals surface area contributed by atoms with Crippen molar-refractivity contribution < 1.29 is 4.79 Å². The molecule has 0 N–H and O–H groups in total. The van der Waals surface area contributed by atoms with Crippen molar-refractivity contribution in [3.63, 3.8) is 0 Å². The minimum atomic E-state index is 0.0985. The number of carbonyl (C=O) groups excluding carboxylic acids is 1. The molecule has 2 aromatic rings. The van der Waals surface area contributed by atoms with Crippen LogP contribution in [0, 0.1) is 13.8 Å². The van der Waals surface area contributed by atoms with Crippen molar-refractivity contribution in [1.82, 2.24) is 29.5 Å². The first-order chi connectivity index (χ1) is 12.0. The third-order valence-corrected chi connectivity index (χ3v) is 6.32. The zero-order valence-corrected chi connectivity index (χ0v) is 15.8. The van der Waals surface area contributed by atoms with Crippen LogP contribution in [0.5, 0.6) is 0 Å². The molecule has 1 saturated heterocycles. The third kappa shape index (κ3) is 2.97. The molecular weight excluding hydrogens is 336 g/mol. The molecule has 0 aromatic carbocycles. The molecule has 2 aliphatic rings. The van der Waals surface area contributed by atoms with Gasteiger partial charge in [-0.3, -0.25) is 9.69 Å². The fourth-order valence-electron chi connectivity index (χ4n) is 3.90. The number of aromatic nitrogens is 4. The Bertz CT molecular complexity index is 797. The lowest BCUT2D eigenvalue weighted by Crippen LogP contribution is -2.34. The molecule has 8 heteroatoms. The Labute approximate surface area is 151 Å². The topological polar surface area (TPSA) is 67.2 Å². The zero-order valence-electron chi connectivity index (χ0n) is 15.0. The second kappa shape index (κ2) is 6.49. The summed E-state index contributed by atoms with van der Waals surface area (Å²) in [6.45, 7) is 7.13. The Balaban J connectivity index is 1.53. The molecule has 0 radical (unpaired) electrons. The summed E-state index contributed by atoms with van der Waals surface area (Å²) >= 11 is 1.49. The van der Waals surface area contributed by atoms with Crippen LogP contribution in [0.4, 0.5) is 0 Å². The van der Waals surface area contributed by atoms with Gasteiger partial charge >= 0.3 is 0 Å². The number of carbonyl (C=O) groups is 1. The molecular formula is C17H24N6OS. The number of aryl methyl sites for hydroxylation is 2. The van der Waals surface area contributed by atoms with E-state index >= 15 is 0 Å². The molecule has 4 rings (SSSR count). The van der Waals surface area contributed by atoms with E-state index in [-0.39, 0.29) is 5.91 Å². The molecule has 1 atom stereocenters. The smallest absolute Gasteiger partial charge is 0.265 e. The average molecular weight is 360 g/mol. The van der Waals surface area contributed by atoms with Crippen LogP contribution < -0.4 is 0 Å². The zero-order chi connectivity index (χ0) is 17.6. The van der Waals surface area contributed by atoms with Crippen LogP contribution in [0.25, 0.3) is 0 Å². The van der Waals surface area contributed by atoms with E-state index in [0.717, 1.165) is 53.2 Å². The number of amides is 1. The standard InChI is InChI=1S/C17H24N6OS/c1-11-15(25-12(2)18-11)17(24)22-8-6-14-19-20-16(23(14)10-9-22)13-5-4-7-21(13)3/h13H,4-10H2,1-3H3. The van der Waals surface area contributed by atoms with Gasteiger partial charge in [0.1, 0.15) is 16.5 Å². The highest BCUT2D eigenvalue weighted by Crippen LogP contribution is 2.30. The molecule has 0 aliphatic carbocycles. The first kappa shape index (κ1) is 16.7. The fraction of sp³-hybridized carbons (Fsp3) is 0.647. The lowest BCUT2D eigenvalue weighted by atomic mass is 10.2. The molecule has 2 aliphatic heterocycles. The molecule has 1 fully saturated rings. The van der Waals surface area contributed by atoms with Crippen molar-refractivity contribution in [3.05, 3.63) is 27.2 Å². The van der Waals surface area contributed by atoms with Crippen molar-refractivity contribution in [1.29, 1.82) is 0 Å². The normalized spacial score (nSPS) is 21.4. The average Bonchev–Trinajstić information content (AvgIpc) is 3.22. The lowest BCUT2D eigenvalue weighted by molar-refractivity contribution is 0.0762. The highest BCUT2D eigenvalue weighted by Gasteiger charge is 2.31. The van der Waals surface area contributed by atoms with E-state index in [1.54, 1.807) is 0 Å². The predicted octanol–water partition coefficient (Wildman–Crippen LogP) is 1.82. The van der Waals surface area contributed by atoms with Gasteiger partial charge in [0.15, 0.2) is 0 Å². The molecule has 0 saturated carbocycles. The molecule has 4 heterocycles. The Morgan fingerprint density at radius 1 is 1.16 bits per heavy atom. The van der Waals surface area contributed by atoms with Gasteiger partial charge in [0.25, 0.3) is 5.91 Å². The fourth-order valence-corrected chi connectivity index (χ4v) is 4.79. The van der Waals surface area contributed by atoms with Gasteiger partial charge in [0.2, 0.25) is 0 Å². The Hall–Kier alpha value is -1.80. The van der Waals surface area contributed by atoms with Crippen LogP contribution in [-0.2, 0) is 13.0 Å². The van der Waals surface area contributed by atoms with E-state index < -0.39 is 0 Å². The van der Waals surface area contributed by atoms with E-state index in [9.17, 15) is 4.79 Å². The van der Waals surface area contributed by atoms with Gasteiger partial charge in [-0.2, -0.15) is 0 Å². The quantitative estimate of drug-likeness (QED) is 0.817. The SMILES string of the molecule is Cc1nc(C)c(C(=O)N2CCc3nnc(C4CCCN4C)n3CC2)s1. The summed E-state index contributed by atoms with van der Waals surface area (Å²) in [5.74, 6) is 2.17. The van der Waals surface area contributed by atoms with Crippen molar-refractivity contribution in [2.75, 3.05) is 26.7 Å². The van der Waals surface area contributed by atoms with Gasteiger partial charge in [-0.25, -0.2) is 4.98 Å². The molecule has 134 valence electrons. The number of thiazole rings is 1. The van der Waals surface area contributed by atoms with Crippen molar-refractivity contribution in [2.24, 2.45) is 0 Å².